The van der Waals surface area contributed by atoms with Gasteiger partial charge in [0.05, 0.1) is 26.4 Å². The van der Waals surface area contributed by atoms with Crippen LogP contribution in [0, 0.1) is 0 Å². The lowest BCUT2D eigenvalue weighted by Crippen LogP contribution is -2.34. The second kappa shape index (κ2) is 16.7. The molecule has 30 heavy (non-hydrogen) atoms. The fourth-order valence-electron chi connectivity index (χ4n) is 2.15. The molecule has 0 saturated heterocycles. The van der Waals surface area contributed by atoms with Crippen molar-refractivity contribution in [1.82, 2.24) is 5.32 Å². The van der Waals surface area contributed by atoms with Crippen LogP contribution in [0.25, 0.3) is 0 Å². The second-order valence-electron chi connectivity index (χ2n) is 7.29. The van der Waals surface area contributed by atoms with Gasteiger partial charge < -0.3 is 25.3 Å². The summed E-state index contributed by atoms with van der Waals surface area (Å²) in [6.45, 7) is 8.85. The van der Waals surface area contributed by atoms with E-state index in [2.05, 4.69) is 5.32 Å². The summed E-state index contributed by atoms with van der Waals surface area (Å²) in [5, 5.41) is 2.64. The normalized spacial score (nSPS) is 10.3. The number of nitrogens with one attached hydrogen (secondary N) is 1. The van der Waals surface area contributed by atoms with Gasteiger partial charge in [-0.2, -0.15) is 0 Å². The topological polar surface area (TPSA) is 82.8 Å². The fraction of sp³-hybridized carbons (Fsp3) is 0.435. The van der Waals surface area contributed by atoms with E-state index in [4.69, 9.17) is 19.9 Å². The van der Waals surface area contributed by atoms with E-state index in [1.165, 1.54) is 5.56 Å². The van der Waals surface area contributed by atoms with Gasteiger partial charge in [0.15, 0.2) is 0 Å². The molecule has 0 radical (unpaired) electrons. The Morgan fingerprint density at radius 1 is 0.867 bits per heavy atom. The molecule has 0 aliphatic rings. The third kappa shape index (κ3) is 15.8. The van der Waals surface area contributed by atoms with Crippen molar-refractivity contribution < 1.29 is 19.0 Å². The van der Waals surface area contributed by atoms with E-state index in [1.807, 2.05) is 81.4 Å². The molecule has 0 spiro atoms. The monoisotopic (exact) mass is 438 g/mol. The molecule has 0 bridgehead atoms. The molecule has 2 aromatic rings. The van der Waals surface area contributed by atoms with Crippen molar-refractivity contribution in [2.45, 2.75) is 39.6 Å². The molecular weight excluding hydrogens is 404 g/mol. The Kier molecular flexibility index (Phi) is 15.5. The molecule has 2 aromatic carbocycles. The minimum absolute atomic E-state index is 0. The molecule has 3 N–H and O–H groups in total. The molecule has 0 saturated carbocycles. The largest absolute Gasteiger partial charge is 0.444 e. The average Bonchev–Trinajstić information content (AvgIpc) is 2.69. The van der Waals surface area contributed by atoms with E-state index in [-0.39, 0.29) is 12.4 Å². The van der Waals surface area contributed by atoms with Gasteiger partial charge in [0.25, 0.3) is 0 Å². The first-order chi connectivity index (χ1) is 13.9. The summed E-state index contributed by atoms with van der Waals surface area (Å²) in [6, 6.07) is 20.0. The van der Waals surface area contributed by atoms with Gasteiger partial charge >= 0.3 is 6.09 Å². The molecule has 0 aliphatic heterocycles. The summed E-state index contributed by atoms with van der Waals surface area (Å²) in [5.74, 6) is 0. The number of carbonyl (C=O) groups is 1. The van der Waals surface area contributed by atoms with Crippen molar-refractivity contribution in [2.75, 3.05) is 26.3 Å². The first kappa shape index (κ1) is 27.9. The van der Waals surface area contributed by atoms with Crippen molar-refractivity contribution in [3.63, 3.8) is 0 Å². The van der Waals surface area contributed by atoms with Crippen molar-refractivity contribution in [1.29, 1.82) is 0 Å². The molecule has 0 aliphatic carbocycles. The second-order valence-corrected chi connectivity index (χ2v) is 7.29. The Balaban J connectivity index is 0.000000603. The molecule has 0 unspecified atom stereocenters. The van der Waals surface area contributed by atoms with Crippen molar-refractivity contribution in [2.24, 2.45) is 5.73 Å². The minimum Gasteiger partial charge on any atom is -0.444 e. The number of hydrogen-bond acceptors (Lipinski definition) is 5. The van der Waals surface area contributed by atoms with E-state index in [0.29, 0.717) is 39.5 Å². The highest BCUT2D eigenvalue weighted by Gasteiger charge is 2.15. The summed E-state index contributed by atoms with van der Waals surface area (Å²) in [7, 11) is 0. The maximum absolute atomic E-state index is 11.3. The quantitative estimate of drug-likeness (QED) is 0.570. The maximum Gasteiger partial charge on any atom is 0.407 e. The van der Waals surface area contributed by atoms with Crippen LogP contribution in [0.1, 0.15) is 31.9 Å². The van der Waals surface area contributed by atoms with Gasteiger partial charge in [-0.05, 0) is 31.9 Å². The number of alkyl carbamates (subject to hydrolysis) is 1. The number of hydrogen-bond donors (Lipinski definition) is 2. The van der Waals surface area contributed by atoms with Crippen LogP contribution in [0.4, 0.5) is 4.79 Å². The Hall–Kier alpha value is -2.12. The van der Waals surface area contributed by atoms with Crippen molar-refractivity contribution in [3.8, 4) is 0 Å². The van der Waals surface area contributed by atoms with E-state index >= 15 is 0 Å². The van der Waals surface area contributed by atoms with Crippen molar-refractivity contribution in [3.05, 3.63) is 71.8 Å². The zero-order valence-electron chi connectivity index (χ0n) is 18.1. The van der Waals surface area contributed by atoms with Gasteiger partial charge in [-0.15, -0.1) is 12.4 Å². The highest BCUT2D eigenvalue weighted by molar-refractivity contribution is 5.85. The Labute approximate surface area is 186 Å². The fourth-order valence-corrected chi connectivity index (χ4v) is 2.15. The maximum atomic E-state index is 11.3. The van der Waals surface area contributed by atoms with Crippen LogP contribution in [0.3, 0.4) is 0 Å². The summed E-state index contributed by atoms with van der Waals surface area (Å²) in [6.07, 6.45) is -0.411. The highest BCUT2D eigenvalue weighted by atomic mass is 35.5. The number of nitrogens with two attached hydrogens (primary N) is 1. The molecular formula is C23H35ClN2O4. The highest BCUT2D eigenvalue weighted by Crippen LogP contribution is 2.06. The van der Waals surface area contributed by atoms with Crippen LogP contribution in [0.5, 0.6) is 0 Å². The number of carbonyl (C=O) groups excluding carboxylic acids is 1. The van der Waals surface area contributed by atoms with Gasteiger partial charge in [0.2, 0.25) is 0 Å². The van der Waals surface area contributed by atoms with E-state index in [9.17, 15) is 4.79 Å². The van der Waals surface area contributed by atoms with Crippen LogP contribution in [-0.4, -0.2) is 38.0 Å². The first-order valence-electron chi connectivity index (χ1n) is 9.81. The predicted octanol–water partition coefficient (Wildman–Crippen LogP) is 4.31. The molecule has 0 aromatic heterocycles. The standard InChI is InChI=1S/C14H21NO3.C9H13NO.ClH/c1-14(2,3)18-13(16)15-9-10-17-11-12-7-5-4-6-8-12;10-6-7-11-8-9-4-2-1-3-5-9;/h4-8H,9-11H2,1-3H3,(H,15,16);1-5H,6-8,10H2;1H. The predicted molar refractivity (Wildman–Crippen MR) is 123 cm³/mol. The van der Waals surface area contributed by atoms with Gasteiger partial charge in [-0.1, -0.05) is 60.7 Å². The Morgan fingerprint density at radius 3 is 1.77 bits per heavy atom. The summed E-state index contributed by atoms with van der Waals surface area (Å²) < 4.78 is 15.8. The van der Waals surface area contributed by atoms with Gasteiger partial charge in [0.1, 0.15) is 5.60 Å². The molecule has 0 fully saturated rings. The lowest BCUT2D eigenvalue weighted by atomic mass is 10.2. The summed E-state index contributed by atoms with van der Waals surface area (Å²) >= 11 is 0. The van der Waals surface area contributed by atoms with Gasteiger partial charge in [0, 0.05) is 13.1 Å². The third-order valence-corrected chi connectivity index (χ3v) is 3.40. The van der Waals surface area contributed by atoms with Gasteiger partial charge in [-0.25, -0.2) is 4.79 Å². The zero-order valence-corrected chi connectivity index (χ0v) is 19.0. The number of ether oxygens (including phenoxy) is 3. The van der Waals surface area contributed by atoms with Crippen LogP contribution < -0.4 is 11.1 Å². The Morgan fingerprint density at radius 2 is 1.33 bits per heavy atom. The lowest BCUT2D eigenvalue weighted by Gasteiger charge is -2.19. The van der Waals surface area contributed by atoms with Crippen LogP contribution in [0.15, 0.2) is 60.7 Å². The molecule has 6 nitrogen and oxygen atoms in total. The van der Waals surface area contributed by atoms with Crippen molar-refractivity contribution >= 4 is 18.5 Å². The smallest absolute Gasteiger partial charge is 0.407 e. The van der Waals surface area contributed by atoms with Crippen LogP contribution in [-0.2, 0) is 27.4 Å². The van der Waals surface area contributed by atoms with Crippen LogP contribution in [0.2, 0.25) is 0 Å². The molecule has 2 rings (SSSR count). The number of halogens is 1. The lowest BCUT2D eigenvalue weighted by molar-refractivity contribution is 0.0494. The Bertz CT molecular complexity index is 664. The minimum atomic E-state index is -0.463. The zero-order chi connectivity index (χ0) is 21.4. The summed E-state index contributed by atoms with van der Waals surface area (Å²) in [5.41, 5.74) is 7.12. The molecule has 168 valence electrons. The molecule has 1 amide bonds. The number of amides is 1. The van der Waals surface area contributed by atoms with E-state index in [0.717, 1.165) is 5.56 Å². The average molecular weight is 439 g/mol. The first-order valence-corrected chi connectivity index (χ1v) is 9.81. The molecule has 0 heterocycles. The summed E-state index contributed by atoms with van der Waals surface area (Å²) in [4.78, 5) is 11.3. The SMILES string of the molecule is CC(C)(C)OC(=O)NCCOCc1ccccc1.Cl.NCCOCc1ccccc1. The molecule has 7 heteroatoms. The third-order valence-electron chi connectivity index (χ3n) is 3.40. The number of benzene rings is 2. The van der Waals surface area contributed by atoms with E-state index < -0.39 is 11.7 Å². The number of rotatable bonds is 9. The van der Waals surface area contributed by atoms with Crippen LogP contribution >= 0.6 is 12.4 Å². The van der Waals surface area contributed by atoms with E-state index in [1.54, 1.807) is 0 Å². The van der Waals surface area contributed by atoms with Gasteiger partial charge in [-0.3, -0.25) is 0 Å². The molecule has 0 atom stereocenters.